The number of rotatable bonds is 9. The Morgan fingerprint density at radius 2 is 1.27 bits per heavy atom. The van der Waals surface area contributed by atoms with Crippen LogP contribution in [0.1, 0.15) is 82.8 Å². The molecule has 2 aromatic heterocycles. The van der Waals surface area contributed by atoms with Crippen molar-refractivity contribution in [2.75, 3.05) is 0 Å². The summed E-state index contributed by atoms with van der Waals surface area (Å²) in [6.07, 6.45) is 12.6. The summed E-state index contributed by atoms with van der Waals surface area (Å²) >= 11 is 3.85. The van der Waals surface area contributed by atoms with Gasteiger partial charge in [0, 0.05) is 15.2 Å². The monoisotopic (exact) mass is 332 g/mol. The van der Waals surface area contributed by atoms with Gasteiger partial charge in [0.15, 0.2) is 0 Å². The molecule has 0 saturated heterocycles. The van der Waals surface area contributed by atoms with E-state index in [2.05, 4.69) is 36.7 Å². The molecule has 2 heterocycles. The van der Waals surface area contributed by atoms with Gasteiger partial charge in [0.05, 0.1) is 0 Å². The van der Waals surface area contributed by atoms with Gasteiger partial charge in [-0.25, -0.2) is 0 Å². The van der Waals surface area contributed by atoms with Crippen molar-refractivity contribution >= 4 is 22.7 Å². The van der Waals surface area contributed by atoms with Crippen LogP contribution in [0.4, 0.5) is 0 Å². The molecular formula is C20H28S2. The predicted octanol–water partition coefficient (Wildman–Crippen LogP) is 7.63. The molecule has 0 spiro atoms. The van der Waals surface area contributed by atoms with Crippen LogP contribution >= 0.6 is 22.7 Å². The fourth-order valence-corrected chi connectivity index (χ4v) is 6.11. The van der Waals surface area contributed by atoms with Crippen molar-refractivity contribution < 1.29 is 0 Å². The molecule has 3 rings (SSSR count). The molecule has 22 heavy (non-hydrogen) atoms. The molecule has 0 radical (unpaired) electrons. The first-order valence-corrected chi connectivity index (χ1v) is 10.7. The van der Waals surface area contributed by atoms with E-state index in [1.165, 1.54) is 57.8 Å². The summed E-state index contributed by atoms with van der Waals surface area (Å²) in [6.45, 7) is 4.76. The van der Waals surface area contributed by atoms with Crippen LogP contribution in [0.5, 0.6) is 0 Å². The van der Waals surface area contributed by atoms with Gasteiger partial charge >= 0.3 is 0 Å². The fraction of sp³-hybridized carbons (Fsp3) is 0.600. The summed E-state index contributed by atoms with van der Waals surface area (Å²) in [6, 6.07) is 4.74. The smallest absolute Gasteiger partial charge is 0.0486 e. The highest BCUT2D eigenvalue weighted by Crippen LogP contribution is 2.55. The summed E-state index contributed by atoms with van der Waals surface area (Å²) < 4.78 is 0. The Kier molecular flexibility index (Phi) is 5.41. The van der Waals surface area contributed by atoms with Crippen molar-refractivity contribution in [1.82, 2.24) is 0 Å². The normalized spacial score (nSPS) is 15.0. The fourth-order valence-electron chi connectivity index (χ4n) is 3.87. The average Bonchev–Trinajstić information content (AvgIpc) is 3.20. The zero-order chi connectivity index (χ0) is 15.4. The van der Waals surface area contributed by atoms with Gasteiger partial charge in [-0.15, -0.1) is 22.7 Å². The van der Waals surface area contributed by atoms with Crippen molar-refractivity contribution in [2.45, 2.75) is 77.0 Å². The zero-order valence-corrected chi connectivity index (χ0v) is 15.6. The molecule has 2 heteroatoms. The first-order valence-electron chi connectivity index (χ1n) is 8.93. The lowest BCUT2D eigenvalue weighted by atomic mass is 9.77. The van der Waals surface area contributed by atoms with Gasteiger partial charge in [-0.05, 0) is 40.4 Å². The summed E-state index contributed by atoms with van der Waals surface area (Å²) in [7, 11) is 0. The molecule has 0 nitrogen and oxygen atoms in total. The second-order valence-corrected chi connectivity index (χ2v) is 8.72. The number of unbranched alkanes of at least 4 members (excludes halogenated alkanes) is 7. The highest BCUT2D eigenvalue weighted by molar-refractivity contribution is 7.21. The molecule has 0 saturated carbocycles. The van der Waals surface area contributed by atoms with Crippen molar-refractivity contribution in [2.24, 2.45) is 0 Å². The lowest BCUT2D eigenvalue weighted by Gasteiger charge is -2.25. The van der Waals surface area contributed by atoms with E-state index in [-0.39, 0.29) is 5.41 Å². The summed E-state index contributed by atoms with van der Waals surface area (Å²) in [5.41, 5.74) is 3.48. The van der Waals surface area contributed by atoms with Crippen molar-refractivity contribution in [3.63, 3.8) is 0 Å². The average molecular weight is 333 g/mol. The molecule has 0 atom stereocenters. The Hall–Kier alpha value is -0.600. The van der Waals surface area contributed by atoms with Crippen LogP contribution < -0.4 is 0 Å². The Morgan fingerprint density at radius 3 is 1.82 bits per heavy atom. The molecule has 0 aliphatic heterocycles. The van der Waals surface area contributed by atoms with E-state index in [1.807, 2.05) is 22.7 Å². The molecule has 0 N–H and O–H groups in total. The van der Waals surface area contributed by atoms with E-state index in [0.717, 1.165) is 0 Å². The molecule has 0 bridgehead atoms. The maximum atomic E-state index is 2.47. The third-order valence-corrected chi connectivity index (χ3v) is 7.25. The maximum absolute atomic E-state index is 2.47. The van der Waals surface area contributed by atoms with Crippen molar-refractivity contribution in [1.29, 1.82) is 0 Å². The van der Waals surface area contributed by atoms with Gasteiger partial charge in [-0.3, -0.25) is 0 Å². The van der Waals surface area contributed by atoms with Gasteiger partial charge in [-0.2, -0.15) is 0 Å². The molecule has 0 amide bonds. The van der Waals surface area contributed by atoms with E-state index in [9.17, 15) is 0 Å². The SMILES string of the molecule is CCCCCCCCCCC1(C)c2ccsc2-c2sccc21. The maximum Gasteiger partial charge on any atom is 0.0486 e. The highest BCUT2D eigenvalue weighted by Gasteiger charge is 2.40. The van der Waals surface area contributed by atoms with Crippen LogP contribution in [0, 0.1) is 0 Å². The van der Waals surface area contributed by atoms with E-state index in [0.29, 0.717) is 0 Å². The Bertz CT molecular complexity index is 550. The lowest BCUT2D eigenvalue weighted by Crippen LogP contribution is -2.19. The van der Waals surface area contributed by atoms with Crippen LogP contribution in [0.3, 0.4) is 0 Å². The molecule has 0 aromatic carbocycles. The third kappa shape index (κ3) is 3.05. The molecule has 0 unspecified atom stereocenters. The minimum atomic E-state index is 0.285. The van der Waals surface area contributed by atoms with E-state index in [1.54, 1.807) is 20.9 Å². The van der Waals surface area contributed by atoms with E-state index < -0.39 is 0 Å². The Labute approximate surface area is 143 Å². The Morgan fingerprint density at radius 1 is 0.773 bits per heavy atom. The first kappa shape index (κ1) is 16.3. The van der Waals surface area contributed by atoms with Crippen molar-refractivity contribution in [3.8, 4) is 9.75 Å². The van der Waals surface area contributed by atoms with Gasteiger partial charge < -0.3 is 0 Å². The third-order valence-electron chi connectivity index (χ3n) is 5.26. The molecule has 0 fully saturated rings. The number of thiophene rings is 2. The number of fused-ring (bicyclic) bond motifs is 3. The molecular weight excluding hydrogens is 304 g/mol. The Balaban J connectivity index is 1.51. The minimum absolute atomic E-state index is 0.285. The summed E-state index contributed by atoms with van der Waals surface area (Å²) in [4.78, 5) is 3.10. The second-order valence-electron chi connectivity index (χ2n) is 6.88. The van der Waals surface area contributed by atoms with E-state index in [4.69, 9.17) is 0 Å². The summed E-state index contributed by atoms with van der Waals surface area (Å²) in [5, 5.41) is 4.55. The van der Waals surface area contributed by atoms with Crippen LogP contribution in [-0.2, 0) is 5.41 Å². The zero-order valence-electron chi connectivity index (χ0n) is 14.0. The topological polar surface area (TPSA) is 0 Å². The van der Waals surface area contributed by atoms with Crippen LogP contribution in [0.2, 0.25) is 0 Å². The second kappa shape index (κ2) is 7.31. The lowest BCUT2D eigenvalue weighted by molar-refractivity contribution is 0.479. The highest BCUT2D eigenvalue weighted by atomic mass is 32.1. The standard InChI is InChI=1S/C20H28S2/c1-3-4-5-6-7-8-9-10-13-20(2)16-11-14-21-18(16)19-17(20)12-15-22-19/h11-12,14-15H,3-10,13H2,1-2H3. The number of hydrogen-bond donors (Lipinski definition) is 0. The first-order chi connectivity index (χ1) is 10.8. The van der Waals surface area contributed by atoms with E-state index >= 15 is 0 Å². The molecule has 2 aromatic rings. The molecule has 1 aliphatic carbocycles. The molecule has 1 aliphatic rings. The van der Waals surface area contributed by atoms with Gasteiger partial charge in [-0.1, -0.05) is 65.2 Å². The summed E-state index contributed by atoms with van der Waals surface area (Å²) in [5.74, 6) is 0. The number of hydrogen-bond acceptors (Lipinski definition) is 2. The van der Waals surface area contributed by atoms with Crippen molar-refractivity contribution in [3.05, 3.63) is 34.0 Å². The van der Waals surface area contributed by atoms with Crippen LogP contribution in [0.25, 0.3) is 9.75 Å². The van der Waals surface area contributed by atoms with Gasteiger partial charge in [0.1, 0.15) is 0 Å². The molecule has 120 valence electrons. The van der Waals surface area contributed by atoms with Gasteiger partial charge in [0.25, 0.3) is 0 Å². The predicted molar refractivity (Wildman–Crippen MR) is 101 cm³/mol. The van der Waals surface area contributed by atoms with Crippen LogP contribution in [-0.4, -0.2) is 0 Å². The quantitative estimate of drug-likeness (QED) is 0.414. The van der Waals surface area contributed by atoms with Crippen LogP contribution in [0.15, 0.2) is 22.9 Å². The largest absolute Gasteiger partial charge is 0.143 e. The van der Waals surface area contributed by atoms with Gasteiger partial charge in [0.2, 0.25) is 0 Å². The minimum Gasteiger partial charge on any atom is -0.143 e.